The van der Waals surface area contributed by atoms with Crippen molar-refractivity contribution >= 4 is 5.78 Å². The van der Waals surface area contributed by atoms with Crippen molar-refractivity contribution in [2.75, 3.05) is 13.1 Å². The predicted octanol–water partition coefficient (Wildman–Crippen LogP) is 1.13. The number of carbonyl (C=O) groups excluding carboxylic acids is 1. The summed E-state index contributed by atoms with van der Waals surface area (Å²) in [5.74, 6) is 0.514. The number of piperidine rings is 1. The van der Waals surface area contributed by atoms with E-state index >= 15 is 0 Å². The first-order chi connectivity index (χ1) is 5.34. The molecule has 0 aromatic rings. The SMILES string of the molecule is C/C=C/C(=O)[C@@H]1CCCNC1. The topological polar surface area (TPSA) is 29.1 Å². The van der Waals surface area contributed by atoms with Gasteiger partial charge >= 0.3 is 0 Å². The highest BCUT2D eigenvalue weighted by molar-refractivity contribution is 5.91. The van der Waals surface area contributed by atoms with Crippen LogP contribution in [0.4, 0.5) is 0 Å². The van der Waals surface area contributed by atoms with E-state index in [1.807, 2.05) is 13.0 Å². The Bertz CT molecular complexity index is 157. The van der Waals surface area contributed by atoms with Gasteiger partial charge in [-0.15, -0.1) is 0 Å². The summed E-state index contributed by atoms with van der Waals surface area (Å²) in [5, 5.41) is 3.22. The summed E-state index contributed by atoms with van der Waals surface area (Å²) in [6.07, 6.45) is 5.68. The zero-order valence-electron chi connectivity index (χ0n) is 6.97. The minimum Gasteiger partial charge on any atom is -0.316 e. The summed E-state index contributed by atoms with van der Waals surface area (Å²) in [6, 6.07) is 0. The number of hydrogen-bond donors (Lipinski definition) is 1. The fourth-order valence-corrected chi connectivity index (χ4v) is 1.40. The molecule has 0 aromatic heterocycles. The Morgan fingerprint density at radius 2 is 2.45 bits per heavy atom. The maximum absolute atomic E-state index is 11.3. The maximum atomic E-state index is 11.3. The smallest absolute Gasteiger partial charge is 0.159 e. The Kier molecular flexibility index (Phi) is 3.30. The number of rotatable bonds is 2. The molecule has 0 aliphatic carbocycles. The van der Waals surface area contributed by atoms with Gasteiger partial charge in [-0.25, -0.2) is 0 Å². The summed E-state index contributed by atoms with van der Waals surface area (Å²) < 4.78 is 0. The second kappa shape index (κ2) is 4.29. The lowest BCUT2D eigenvalue weighted by Crippen LogP contribution is -2.33. The predicted molar refractivity (Wildman–Crippen MR) is 45.4 cm³/mol. The molecular formula is C9H15NO. The molecule has 1 N–H and O–H groups in total. The van der Waals surface area contributed by atoms with Crippen molar-refractivity contribution in [2.24, 2.45) is 5.92 Å². The average molecular weight is 153 g/mol. The molecule has 0 saturated carbocycles. The molecule has 1 aliphatic rings. The highest BCUT2D eigenvalue weighted by atomic mass is 16.1. The van der Waals surface area contributed by atoms with Crippen LogP contribution < -0.4 is 5.32 Å². The van der Waals surface area contributed by atoms with Crippen molar-refractivity contribution in [1.82, 2.24) is 5.32 Å². The van der Waals surface area contributed by atoms with E-state index < -0.39 is 0 Å². The third kappa shape index (κ3) is 2.46. The fraction of sp³-hybridized carbons (Fsp3) is 0.667. The molecule has 1 atom stereocenters. The summed E-state index contributed by atoms with van der Waals surface area (Å²) in [4.78, 5) is 11.3. The van der Waals surface area contributed by atoms with E-state index in [-0.39, 0.29) is 11.7 Å². The van der Waals surface area contributed by atoms with Gasteiger partial charge in [-0.05, 0) is 32.4 Å². The number of allylic oxidation sites excluding steroid dienone is 2. The first-order valence-electron chi connectivity index (χ1n) is 4.22. The molecule has 2 nitrogen and oxygen atoms in total. The third-order valence-electron chi connectivity index (χ3n) is 2.03. The Labute approximate surface area is 67.7 Å². The van der Waals surface area contributed by atoms with Crippen molar-refractivity contribution in [1.29, 1.82) is 0 Å². The van der Waals surface area contributed by atoms with E-state index in [9.17, 15) is 4.79 Å². The summed E-state index contributed by atoms with van der Waals surface area (Å²) in [6.45, 7) is 3.82. The molecule has 1 saturated heterocycles. The molecule has 0 amide bonds. The molecule has 0 aromatic carbocycles. The van der Waals surface area contributed by atoms with Crippen molar-refractivity contribution in [3.8, 4) is 0 Å². The molecule has 62 valence electrons. The van der Waals surface area contributed by atoms with Gasteiger partial charge in [0, 0.05) is 12.5 Å². The van der Waals surface area contributed by atoms with Crippen LogP contribution in [0.3, 0.4) is 0 Å². The highest BCUT2D eigenvalue weighted by Crippen LogP contribution is 2.11. The maximum Gasteiger partial charge on any atom is 0.159 e. The van der Waals surface area contributed by atoms with Crippen LogP contribution in [0.1, 0.15) is 19.8 Å². The lowest BCUT2D eigenvalue weighted by molar-refractivity contribution is -0.118. The van der Waals surface area contributed by atoms with Crippen LogP contribution in [-0.4, -0.2) is 18.9 Å². The molecule has 1 rings (SSSR count). The third-order valence-corrected chi connectivity index (χ3v) is 2.03. The average Bonchev–Trinajstić information content (AvgIpc) is 2.07. The van der Waals surface area contributed by atoms with Crippen LogP contribution in [0.5, 0.6) is 0 Å². The second-order valence-electron chi connectivity index (χ2n) is 2.95. The minimum absolute atomic E-state index is 0.236. The van der Waals surface area contributed by atoms with Crippen LogP contribution in [0, 0.1) is 5.92 Å². The number of hydrogen-bond acceptors (Lipinski definition) is 2. The van der Waals surface area contributed by atoms with Gasteiger partial charge in [-0.3, -0.25) is 4.79 Å². The second-order valence-corrected chi connectivity index (χ2v) is 2.95. The van der Waals surface area contributed by atoms with Gasteiger partial charge in [0.15, 0.2) is 5.78 Å². The van der Waals surface area contributed by atoms with Gasteiger partial charge < -0.3 is 5.32 Å². The Morgan fingerprint density at radius 3 is 3.00 bits per heavy atom. The van der Waals surface area contributed by atoms with Gasteiger partial charge in [-0.2, -0.15) is 0 Å². The van der Waals surface area contributed by atoms with Gasteiger partial charge in [0.1, 0.15) is 0 Å². The molecule has 1 aliphatic heterocycles. The van der Waals surface area contributed by atoms with E-state index in [4.69, 9.17) is 0 Å². The van der Waals surface area contributed by atoms with Gasteiger partial charge in [-0.1, -0.05) is 6.08 Å². The zero-order chi connectivity index (χ0) is 8.10. The van der Waals surface area contributed by atoms with Crippen molar-refractivity contribution in [3.63, 3.8) is 0 Å². The zero-order valence-corrected chi connectivity index (χ0v) is 6.97. The lowest BCUT2D eigenvalue weighted by Gasteiger charge is -2.19. The standard InChI is InChI=1S/C9H15NO/c1-2-4-9(11)8-5-3-6-10-7-8/h2,4,8,10H,3,5-7H2,1H3/b4-2+/t8-/m1/s1. The Balaban J connectivity index is 2.38. The highest BCUT2D eigenvalue weighted by Gasteiger charge is 2.17. The van der Waals surface area contributed by atoms with Crippen LogP contribution in [-0.2, 0) is 4.79 Å². The molecule has 11 heavy (non-hydrogen) atoms. The molecule has 0 spiro atoms. The van der Waals surface area contributed by atoms with Crippen LogP contribution >= 0.6 is 0 Å². The normalized spacial score (nSPS) is 25.7. The van der Waals surface area contributed by atoms with Crippen molar-refractivity contribution < 1.29 is 4.79 Å². The summed E-state index contributed by atoms with van der Waals surface area (Å²) in [5.41, 5.74) is 0. The first kappa shape index (κ1) is 8.47. The minimum atomic E-state index is 0.236. The van der Waals surface area contributed by atoms with Crippen LogP contribution in [0.2, 0.25) is 0 Å². The first-order valence-corrected chi connectivity index (χ1v) is 4.22. The number of carbonyl (C=O) groups is 1. The van der Waals surface area contributed by atoms with E-state index in [0.29, 0.717) is 0 Å². The Hall–Kier alpha value is -0.630. The molecule has 0 radical (unpaired) electrons. The van der Waals surface area contributed by atoms with Gasteiger partial charge in [0.25, 0.3) is 0 Å². The number of ketones is 1. The lowest BCUT2D eigenvalue weighted by atomic mass is 9.95. The summed E-state index contributed by atoms with van der Waals surface area (Å²) in [7, 11) is 0. The molecular weight excluding hydrogens is 138 g/mol. The molecule has 0 unspecified atom stereocenters. The van der Waals surface area contributed by atoms with Crippen LogP contribution in [0.25, 0.3) is 0 Å². The van der Waals surface area contributed by atoms with Crippen molar-refractivity contribution in [2.45, 2.75) is 19.8 Å². The van der Waals surface area contributed by atoms with Gasteiger partial charge in [0.2, 0.25) is 0 Å². The van der Waals surface area contributed by atoms with E-state index in [1.54, 1.807) is 6.08 Å². The summed E-state index contributed by atoms with van der Waals surface area (Å²) >= 11 is 0. The van der Waals surface area contributed by atoms with E-state index in [0.717, 1.165) is 25.9 Å². The van der Waals surface area contributed by atoms with E-state index in [2.05, 4.69) is 5.32 Å². The van der Waals surface area contributed by atoms with Gasteiger partial charge in [0.05, 0.1) is 0 Å². The van der Waals surface area contributed by atoms with E-state index in [1.165, 1.54) is 0 Å². The molecule has 1 fully saturated rings. The molecule has 2 heteroatoms. The monoisotopic (exact) mass is 153 g/mol. The quantitative estimate of drug-likeness (QED) is 0.602. The number of nitrogens with one attached hydrogen (secondary N) is 1. The fourth-order valence-electron chi connectivity index (χ4n) is 1.40. The largest absolute Gasteiger partial charge is 0.316 e. The molecule has 0 bridgehead atoms. The Morgan fingerprint density at radius 1 is 1.64 bits per heavy atom. The van der Waals surface area contributed by atoms with Crippen molar-refractivity contribution in [3.05, 3.63) is 12.2 Å². The molecule has 1 heterocycles. The van der Waals surface area contributed by atoms with Crippen LogP contribution in [0.15, 0.2) is 12.2 Å².